The highest BCUT2D eigenvalue weighted by molar-refractivity contribution is 7.94. The van der Waals surface area contributed by atoms with E-state index in [2.05, 4.69) is 0 Å². The summed E-state index contributed by atoms with van der Waals surface area (Å²) in [6.07, 6.45) is 1.46. The second-order valence-corrected chi connectivity index (χ2v) is 8.40. The topological polar surface area (TPSA) is 99.2 Å². The molecule has 0 unspecified atom stereocenters. The molecule has 0 spiro atoms. The maximum atomic E-state index is 12.8. The Labute approximate surface area is 167 Å². The zero-order chi connectivity index (χ0) is 20.4. The number of sulfone groups is 1. The molecule has 1 amide bonds. The molecular weight excluding hydrogens is 398 g/mol. The first-order valence-electron chi connectivity index (χ1n) is 8.78. The Morgan fingerprint density at radius 2 is 1.83 bits per heavy atom. The number of hydrogen-bond donors (Lipinski definition) is 0. The van der Waals surface area contributed by atoms with Gasteiger partial charge < -0.3 is 19.1 Å². The quantitative estimate of drug-likeness (QED) is 0.688. The Balaban J connectivity index is 1.48. The maximum absolute atomic E-state index is 12.8. The molecule has 0 saturated carbocycles. The molecule has 0 aliphatic carbocycles. The minimum Gasteiger partial charge on any atom is -0.454 e. The summed E-state index contributed by atoms with van der Waals surface area (Å²) < 4.78 is 39.2. The molecule has 9 heteroatoms. The molecule has 4 rings (SSSR count). The summed E-state index contributed by atoms with van der Waals surface area (Å²) in [4.78, 5) is 26.5. The number of para-hydroxylation sites is 1. The highest BCUT2D eigenvalue weighted by atomic mass is 32.2. The molecule has 8 nitrogen and oxygen atoms in total. The highest BCUT2D eigenvalue weighted by Crippen LogP contribution is 2.32. The zero-order valence-electron chi connectivity index (χ0n) is 15.2. The molecule has 2 aromatic carbocycles. The van der Waals surface area contributed by atoms with Crippen LogP contribution in [0.15, 0.2) is 60.0 Å². The smallest absolute Gasteiger partial charge is 0.338 e. The van der Waals surface area contributed by atoms with Crippen LogP contribution in [-0.4, -0.2) is 45.5 Å². The van der Waals surface area contributed by atoms with Crippen molar-refractivity contribution in [3.63, 3.8) is 0 Å². The second-order valence-electron chi connectivity index (χ2n) is 6.47. The molecule has 0 fully saturated rings. The van der Waals surface area contributed by atoms with Crippen molar-refractivity contribution < 1.29 is 32.2 Å². The van der Waals surface area contributed by atoms with Gasteiger partial charge in [-0.15, -0.1) is 0 Å². The van der Waals surface area contributed by atoms with Crippen molar-refractivity contribution in [2.45, 2.75) is 6.04 Å². The molecule has 1 atom stereocenters. The van der Waals surface area contributed by atoms with Gasteiger partial charge in [0.25, 0.3) is 5.91 Å². The Bertz CT molecular complexity index is 1080. The van der Waals surface area contributed by atoms with E-state index in [1.54, 1.807) is 36.4 Å². The molecule has 29 heavy (non-hydrogen) atoms. The first-order chi connectivity index (χ1) is 13.9. The summed E-state index contributed by atoms with van der Waals surface area (Å²) >= 11 is 0. The summed E-state index contributed by atoms with van der Waals surface area (Å²) in [6.45, 7) is -0.456. The number of ether oxygens (including phenoxy) is 3. The fourth-order valence-electron chi connectivity index (χ4n) is 3.13. The van der Waals surface area contributed by atoms with Gasteiger partial charge in [-0.1, -0.05) is 18.2 Å². The molecule has 0 N–H and O–H groups in total. The summed E-state index contributed by atoms with van der Waals surface area (Å²) in [5.74, 6) is -0.486. The Morgan fingerprint density at radius 1 is 1.07 bits per heavy atom. The van der Waals surface area contributed by atoms with Gasteiger partial charge in [0.15, 0.2) is 27.9 Å². The van der Waals surface area contributed by atoms with Crippen molar-refractivity contribution in [1.82, 2.24) is 0 Å². The minimum absolute atomic E-state index is 0.0795. The van der Waals surface area contributed by atoms with Gasteiger partial charge in [0.2, 0.25) is 6.79 Å². The Hall–Kier alpha value is -3.33. The third kappa shape index (κ3) is 4.09. The summed E-state index contributed by atoms with van der Waals surface area (Å²) in [7, 11) is -3.37. The number of nitrogens with zero attached hydrogens (tertiary/aromatic N) is 1. The van der Waals surface area contributed by atoms with Crippen molar-refractivity contribution in [3.05, 3.63) is 65.6 Å². The van der Waals surface area contributed by atoms with Crippen LogP contribution >= 0.6 is 0 Å². The number of fused-ring (bicyclic) bond motifs is 1. The standard InChI is InChI=1S/C20H17NO7S/c22-19(11-26-20(23)14-6-7-17-18(10-14)28-13-27-17)21(15-4-2-1-3-5-15)16-8-9-29(24,25)12-16/h1-10,16H,11-13H2/t16-/m1/s1. The third-order valence-corrected chi connectivity index (χ3v) is 5.86. The molecule has 2 heterocycles. The van der Waals surface area contributed by atoms with E-state index < -0.39 is 34.4 Å². The summed E-state index contributed by atoms with van der Waals surface area (Å²) in [5, 5.41) is 1.10. The van der Waals surface area contributed by atoms with Crippen molar-refractivity contribution in [2.24, 2.45) is 0 Å². The van der Waals surface area contributed by atoms with Crippen LogP contribution in [0.25, 0.3) is 0 Å². The van der Waals surface area contributed by atoms with E-state index in [1.807, 2.05) is 0 Å². The number of rotatable bonds is 5. The number of carbonyl (C=O) groups excluding carboxylic acids is 2. The van der Waals surface area contributed by atoms with Gasteiger partial charge in [-0.2, -0.15) is 0 Å². The SMILES string of the molecule is O=C(OCC(=O)N(c1ccccc1)[C@@H]1C=CS(=O)(=O)C1)c1ccc2c(c1)OCO2. The normalized spacial score (nSPS) is 18.4. The molecule has 0 aromatic heterocycles. The second kappa shape index (κ2) is 7.59. The highest BCUT2D eigenvalue weighted by Gasteiger charge is 2.32. The summed E-state index contributed by atoms with van der Waals surface area (Å²) in [6, 6.07) is 12.6. The molecule has 0 bridgehead atoms. The maximum Gasteiger partial charge on any atom is 0.338 e. The van der Waals surface area contributed by atoms with E-state index in [-0.39, 0.29) is 18.1 Å². The van der Waals surface area contributed by atoms with Crippen LogP contribution in [0.5, 0.6) is 11.5 Å². The lowest BCUT2D eigenvalue weighted by Crippen LogP contribution is -2.43. The van der Waals surface area contributed by atoms with Crippen LogP contribution in [-0.2, 0) is 19.4 Å². The third-order valence-electron chi connectivity index (χ3n) is 4.48. The fraction of sp³-hybridized carbons (Fsp3) is 0.200. The predicted octanol–water partition coefficient (Wildman–Crippen LogP) is 1.92. The molecule has 0 radical (unpaired) electrons. The average Bonchev–Trinajstić information content (AvgIpc) is 3.32. The van der Waals surface area contributed by atoms with Gasteiger partial charge in [0.1, 0.15) is 0 Å². The molecule has 0 saturated heterocycles. The molecule has 2 aromatic rings. The van der Waals surface area contributed by atoms with Gasteiger partial charge in [-0.25, -0.2) is 13.2 Å². The number of benzene rings is 2. The van der Waals surface area contributed by atoms with Crippen molar-refractivity contribution in [1.29, 1.82) is 0 Å². The Kier molecular flexibility index (Phi) is 4.98. The number of anilines is 1. The number of hydrogen-bond acceptors (Lipinski definition) is 7. The van der Waals surface area contributed by atoms with Crippen LogP contribution in [0.3, 0.4) is 0 Å². The first kappa shape index (κ1) is 19.0. The van der Waals surface area contributed by atoms with Crippen molar-refractivity contribution in [3.8, 4) is 11.5 Å². The summed E-state index contributed by atoms with van der Waals surface area (Å²) in [5.41, 5.74) is 0.736. The van der Waals surface area contributed by atoms with Crippen LogP contribution < -0.4 is 14.4 Å². The number of carbonyl (C=O) groups is 2. The van der Waals surface area contributed by atoms with E-state index in [4.69, 9.17) is 14.2 Å². The zero-order valence-corrected chi connectivity index (χ0v) is 16.0. The van der Waals surface area contributed by atoms with Gasteiger partial charge in [0, 0.05) is 11.1 Å². The number of amides is 1. The number of esters is 1. The van der Waals surface area contributed by atoms with Gasteiger partial charge in [-0.05, 0) is 36.4 Å². The van der Waals surface area contributed by atoms with Crippen LogP contribution in [0.4, 0.5) is 5.69 Å². The van der Waals surface area contributed by atoms with E-state index in [0.717, 1.165) is 5.41 Å². The van der Waals surface area contributed by atoms with Gasteiger partial charge in [0.05, 0.1) is 17.4 Å². The van der Waals surface area contributed by atoms with Crippen LogP contribution in [0, 0.1) is 0 Å². The van der Waals surface area contributed by atoms with Crippen molar-refractivity contribution in [2.75, 3.05) is 24.1 Å². The van der Waals surface area contributed by atoms with Crippen LogP contribution in [0.2, 0.25) is 0 Å². The molecule has 2 aliphatic heterocycles. The van der Waals surface area contributed by atoms with E-state index >= 15 is 0 Å². The largest absolute Gasteiger partial charge is 0.454 e. The van der Waals surface area contributed by atoms with Gasteiger partial charge >= 0.3 is 5.97 Å². The lowest BCUT2D eigenvalue weighted by molar-refractivity contribution is -0.121. The first-order valence-corrected chi connectivity index (χ1v) is 10.5. The lowest BCUT2D eigenvalue weighted by Gasteiger charge is -2.27. The van der Waals surface area contributed by atoms with Crippen molar-refractivity contribution >= 4 is 27.4 Å². The van der Waals surface area contributed by atoms with E-state index in [1.165, 1.54) is 23.1 Å². The van der Waals surface area contributed by atoms with E-state index in [0.29, 0.717) is 17.2 Å². The fourth-order valence-corrected chi connectivity index (χ4v) is 4.40. The minimum atomic E-state index is -3.37. The van der Waals surface area contributed by atoms with Gasteiger partial charge in [-0.3, -0.25) is 4.79 Å². The monoisotopic (exact) mass is 415 g/mol. The molecular formula is C20H17NO7S. The predicted molar refractivity (Wildman–Crippen MR) is 103 cm³/mol. The molecule has 150 valence electrons. The lowest BCUT2D eigenvalue weighted by atomic mass is 10.2. The molecule has 2 aliphatic rings. The Morgan fingerprint density at radius 3 is 2.55 bits per heavy atom. The average molecular weight is 415 g/mol. The van der Waals surface area contributed by atoms with Crippen LogP contribution in [0.1, 0.15) is 10.4 Å². The van der Waals surface area contributed by atoms with E-state index in [9.17, 15) is 18.0 Å².